The van der Waals surface area contributed by atoms with Crippen LogP contribution in [0.3, 0.4) is 0 Å². The highest BCUT2D eigenvalue weighted by Crippen LogP contribution is 2.27. The summed E-state index contributed by atoms with van der Waals surface area (Å²) in [6.07, 6.45) is 0.543. The molecule has 0 aromatic heterocycles. The smallest absolute Gasteiger partial charge is 0.306 e. The van der Waals surface area contributed by atoms with E-state index in [1.165, 1.54) is 12.1 Å². The summed E-state index contributed by atoms with van der Waals surface area (Å²) < 4.78 is 10.4. The zero-order valence-corrected chi connectivity index (χ0v) is 15.8. The molecule has 1 amide bonds. The second-order valence-electron chi connectivity index (χ2n) is 6.20. The molecular formula is C20H22N2O6. The van der Waals surface area contributed by atoms with E-state index in [0.29, 0.717) is 18.6 Å². The molecule has 0 atom stereocenters. The number of aryl methyl sites for hydroxylation is 2. The van der Waals surface area contributed by atoms with Crippen LogP contribution in [0.1, 0.15) is 24.0 Å². The Bertz CT molecular complexity index is 848. The van der Waals surface area contributed by atoms with Gasteiger partial charge in [0.05, 0.1) is 11.5 Å². The van der Waals surface area contributed by atoms with E-state index in [0.717, 1.165) is 11.3 Å². The van der Waals surface area contributed by atoms with Gasteiger partial charge in [-0.1, -0.05) is 29.8 Å². The van der Waals surface area contributed by atoms with Crippen molar-refractivity contribution in [1.29, 1.82) is 0 Å². The van der Waals surface area contributed by atoms with Gasteiger partial charge in [0.25, 0.3) is 11.6 Å². The lowest BCUT2D eigenvalue weighted by molar-refractivity contribution is -0.384. The summed E-state index contributed by atoms with van der Waals surface area (Å²) >= 11 is 0. The van der Waals surface area contributed by atoms with E-state index in [-0.39, 0.29) is 17.8 Å². The van der Waals surface area contributed by atoms with Gasteiger partial charge in [-0.05, 0) is 38.0 Å². The number of nitro benzene ring substituents is 1. The van der Waals surface area contributed by atoms with E-state index in [1.54, 1.807) is 13.0 Å². The number of amides is 1. The molecule has 0 fully saturated rings. The van der Waals surface area contributed by atoms with Crippen LogP contribution in [0, 0.1) is 24.0 Å². The highest BCUT2D eigenvalue weighted by Gasteiger charge is 2.18. The molecule has 2 aromatic carbocycles. The average Bonchev–Trinajstić information content (AvgIpc) is 2.66. The molecule has 0 heterocycles. The molecular weight excluding hydrogens is 364 g/mol. The van der Waals surface area contributed by atoms with Crippen molar-refractivity contribution in [3.63, 3.8) is 0 Å². The zero-order valence-electron chi connectivity index (χ0n) is 15.8. The Morgan fingerprint density at radius 2 is 1.82 bits per heavy atom. The second kappa shape index (κ2) is 10.1. The van der Waals surface area contributed by atoms with Gasteiger partial charge >= 0.3 is 5.97 Å². The van der Waals surface area contributed by atoms with Crippen LogP contribution in [0.15, 0.2) is 42.5 Å². The Kier molecular flexibility index (Phi) is 7.50. The molecule has 0 unspecified atom stereocenters. The topological polar surface area (TPSA) is 108 Å². The number of ether oxygens (including phenoxy) is 2. The first-order valence-electron chi connectivity index (χ1n) is 8.76. The first-order chi connectivity index (χ1) is 13.4. The van der Waals surface area contributed by atoms with Crippen LogP contribution >= 0.6 is 0 Å². The molecule has 2 aromatic rings. The fraction of sp³-hybridized carbons (Fsp3) is 0.300. The predicted molar refractivity (Wildman–Crippen MR) is 103 cm³/mol. The van der Waals surface area contributed by atoms with Gasteiger partial charge in [-0.3, -0.25) is 19.7 Å². The Morgan fingerprint density at radius 1 is 1.11 bits per heavy atom. The number of nitro groups is 1. The number of hydrogen-bond donors (Lipinski definition) is 1. The molecule has 2 rings (SSSR count). The van der Waals surface area contributed by atoms with Gasteiger partial charge < -0.3 is 14.8 Å². The number of nitrogens with zero attached hydrogens (tertiary/aromatic N) is 1. The number of para-hydroxylation sites is 1. The molecule has 0 saturated heterocycles. The largest absolute Gasteiger partial charge is 0.494 e. The minimum Gasteiger partial charge on any atom is -0.494 e. The van der Waals surface area contributed by atoms with Crippen molar-refractivity contribution in [1.82, 2.24) is 0 Å². The Balaban J connectivity index is 1.72. The van der Waals surface area contributed by atoms with Crippen LogP contribution in [-0.2, 0) is 14.3 Å². The van der Waals surface area contributed by atoms with Gasteiger partial charge in [0.2, 0.25) is 0 Å². The van der Waals surface area contributed by atoms with Crippen LogP contribution in [0.25, 0.3) is 0 Å². The highest BCUT2D eigenvalue weighted by atomic mass is 16.6. The molecule has 0 spiro atoms. The molecule has 0 aliphatic rings. The van der Waals surface area contributed by atoms with Crippen LogP contribution in [0.2, 0.25) is 0 Å². The first kappa shape index (κ1) is 20.9. The second-order valence-corrected chi connectivity index (χ2v) is 6.20. The molecule has 148 valence electrons. The monoisotopic (exact) mass is 386 g/mol. The molecule has 0 saturated carbocycles. The maximum absolute atomic E-state index is 12.0. The van der Waals surface area contributed by atoms with E-state index in [9.17, 15) is 19.7 Å². The van der Waals surface area contributed by atoms with Gasteiger partial charge in [-0.2, -0.15) is 0 Å². The predicted octanol–water partition coefficient (Wildman–Crippen LogP) is 3.55. The summed E-state index contributed by atoms with van der Waals surface area (Å²) in [5.41, 5.74) is 1.56. The van der Waals surface area contributed by atoms with Gasteiger partial charge in [0, 0.05) is 12.5 Å². The van der Waals surface area contributed by atoms with Crippen LogP contribution in [0.5, 0.6) is 5.75 Å². The van der Waals surface area contributed by atoms with Crippen LogP contribution < -0.4 is 10.1 Å². The fourth-order valence-electron chi connectivity index (χ4n) is 2.40. The van der Waals surface area contributed by atoms with Crippen LogP contribution in [0.4, 0.5) is 11.4 Å². The lowest BCUT2D eigenvalue weighted by atomic mass is 10.1. The summed E-state index contributed by atoms with van der Waals surface area (Å²) in [6, 6.07) is 12.0. The van der Waals surface area contributed by atoms with Crippen molar-refractivity contribution in [2.45, 2.75) is 26.7 Å². The maximum Gasteiger partial charge on any atom is 0.306 e. The van der Waals surface area contributed by atoms with Gasteiger partial charge in [-0.25, -0.2) is 0 Å². The summed E-state index contributed by atoms with van der Waals surface area (Å²) in [4.78, 5) is 34.1. The zero-order chi connectivity index (χ0) is 20.5. The highest BCUT2D eigenvalue weighted by molar-refractivity contribution is 5.95. The Hall–Kier alpha value is -3.42. The fourth-order valence-corrected chi connectivity index (χ4v) is 2.40. The van der Waals surface area contributed by atoms with Crippen molar-refractivity contribution in [2.75, 3.05) is 18.5 Å². The molecule has 28 heavy (non-hydrogen) atoms. The third-order valence-corrected chi connectivity index (χ3v) is 3.89. The van der Waals surface area contributed by atoms with Gasteiger partial charge in [0.1, 0.15) is 11.4 Å². The molecule has 0 aliphatic carbocycles. The lowest BCUT2D eigenvalue weighted by Crippen LogP contribution is -2.22. The number of esters is 1. The van der Waals surface area contributed by atoms with Gasteiger partial charge in [0.15, 0.2) is 6.61 Å². The normalized spacial score (nSPS) is 10.2. The molecule has 8 nitrogen and oxygen atoms in total. The number of benzene rings is 2. The summed E-state index contributed by atoms with van der Waals surface area (Å²) in [7, 11) is 0. The Morgan fingerprint density at radius 3 is 2.50 bits per heavy atom. The number of carbonyl (C=O) groups excluding carboxylic acids is 2. The molecule has 0 bridgehead atoms. The van der Waals surface area contributed by atoms with E-state index in [1.807, 2.05) is 31.2 Å². The summed E-state index contributed by atoms with van der Waals surface area (Å²) in [5.74, 6) is -0.457. The minimum atomic E-state index is -0.637. The van der Waals surface area contributed by atoms with Gasteiger partial charge in [-0.15, -0.1) is 0 Å². The number of rotatable bonds is 9. The van der Waals surface area contributed by atoms with Crippen molar-refractivity contribution < 1.29 is 24.0 Å². The molecule has 0 aliphatic heterocycles. The Labute approximate surface area is 162 Å². The van der Waals surface area contributed by atoms with Crippen LogP contribution in [-0.4, -0.2) is 30.0 Å². The molecule has 0 radical (unpaired) electrons. The van der Waals surface area contributed by atoms with E-state index >= 15 is 0 Å². The van der Waals surface area contributed by atoms with Crippen molar-refractivity contribution in [2.24, 2.45) is 0 Å². The van der Waals surface area contributed by atoms with E-state index in [4.69, 9.17) is 9.47 Å². The van der Waals surface area contributed by atoms with Crippen molar-refractivity contribution >= 4 is 23.3 Å². The average molecular weight is 386 g/mol. The minimum absolute atomic E-state index is 0.0973. The third kappa shape index (κ3) is 6.39. The number of anilines is 1. The standard InChI is InChI=1S/C20H22N2O6/c1-14-8-10-16(11-9-14)27-12-4-7-19(24)28-13-18(23)21-20-15(2)5-3-6-17(20)22(25)26/h3,5-6,8-11H,4,7,12-13H2,1-2H3,(H,21,23). The SMILES string of the molecule is Cc1ccc(OCCCC(=O)OCC(=O)Nc2c(C)cccc2[N+](=O)[O-])cc1. The maximum atomic E-state index is 12.0. The first-order valence-corrected chi connectivity index (χ1v) is 8.76. The summed E-state index contributed by atoms with van der Waals surface area (Å²) in [6.45, 7) is 3.46. The van der Waals surface area contributed by atoms with Crippen molar-refractivity contribution in [3.8, 4) is 5.75 Å². The molecule has 8 heteroatoms. The quantitative estimate of drug-likeness (QED) is 0.306. The third-order valence-electron chi connectivity index (χ3n) is 3.89. The van der Waals surface area contributed by atoms with Crippen molar-refractivity contribution in [3.05, 3.63) is 63.7 Å². The lowest BCUT2D eigenvalue weighted by Gasteiger charge is -2.09. The van der Waals surface area contributed by atoms with E-state index < -0.39 is 23.4 Å². The molecule has 1 N–H and O–H groups in total. The number of carbonyl (C=O) groups is 2. The summed E-state index contributed by atoms with van der Waals surface area (Å²) in [5, 5.41) is 13.5. The van der Waals surface area contributed by atoms with E-state index in [2.05, 4.69) is 5.32 Å². The number of nitrogens with one attached hydrogen (secondary N) is 1. The number of hydrogen-bond acceptors (Lipinski definition) is 6.